The Labute approximate surface area is 95.4 Å². The van der Waals surface area contributed by atoms with E-state index in [1.165, 1.54) is 58.2 Å². The summed E-state index contributed by atoms with van der Waals surface area (Å²) in [6.45, 7) is 9.51. The van der Waals surface area contributed by atoms with Crippen molar-refractivity contribution in [2.24, 2.45) is 0 Å². The van der Waals surface area contributed by atoms with Crippen LogP contribution in [0.4, 0.5) is 0 Å². The van der Waals surface area contributed by atoms with E-state index in [4.69, 9.17) is 0 Å². The van der Waals surface area contributed by atoms with Crippen molar-refractivity contribution in [3.8, 4) is 0 Å². The molecule has 15 heavy (non-hydrogen) atoms. The summed E-state index contributed by atoms with van der Waals surface area (Å²) in [4.78, 5) is 2.70. The molecule has 0 spiro atoms. The Bertz CT molecular complexity index is 147. The lowest BCUT2D eigenvalue weighted by Gasteiger charge is -2.22. The molecule has 0 saturated carbocycles. The van der Waals surface area contributed by atoms with Gasteiger partial charge in [-0.05, 0) is 58.3 Å². The van der Waals surface area contributed by atoms with Gasteiger partial charge in [-0.15, -0.1) is 0 Å². The molecule has 0 aromatic rings. The first kappa shape index (κ1) is 13.0. The smallest absolute Gasteiger partial charge is 0.00931 e. The average molecular weight is 212 g/mol. The van der Waals surface area contributed by atoms with Gasteiger partial charge in [0, 0.05) is 6.04 Å². The third kappa shape index (κ3) is 4.98. The summed E-state index contributed by atoms with van der Waals surface area (Å²) in [7, 11) is 0. The van der Waals surface area contributed by atoms with Crippen molar-refractivity contribution in [2.45, 2.75) is 58.4 Å². The van der Waals surface area contributed by atoms with Gasteiger partial charge in [0.1, 0.15) is 0 Å². The highest BCUT2D eigenvalue weighted by atomic mass is 15.2. The number of hydrogen-bond donors (Lipinski definition) is 1. The molecule has 0 aromatic heterocycles. The summed E-state index contributed by atoms with van der Waals surface area (Å²) < 4.78 is 0. The highest BCUT2D eigenvalue weighted by Gasteiger charge is 2.21. The zero-order chi connectivity index (χ0) is 10.9. The summed E-state index contributed by atoms with van der Waals surface area (Å²) in [5.74, 6) is 0. The second-order valence-corrected chi connectivity index (χ2v) is 4.65. The normalized spacial score (nSPS) is 22.4. The van der Waals surface area contributed by atoms with Crippen LogP contribution in [0.2, 0.25) is 0 Å². The maximum atomic E-state index is 3.38. The molecule has 1 unspecified atom stereocenters. The lowest BCUT2D eigenvalue weighted by molar-refractivity contribution is 0.243. The predicted octanol–water partition coefficient (Wildman–Crippen LogP) is 2.64. The van der Waals surface area contributed by atoms with Gasteiger partial charge in [0.05, 0.1) is 0 Å². The van der Waals surface area contributed by atoms with Gasteiger partial charge in [0.15, 0.2) is 0 Å². The molecule has 1 rings (SSSR count). The molecule has 0 bridgehead atoms. The third-order valence-electron chi connectivity index (χ3n) is 3.52. The quantitative estimate of drug-likeness (QED) is 0.622. The Balaban J connectivity index is 1.95. The van der Waals surface area contributed by atoms with Crippen LogP contribution < -0.4 is 5.32 Å². The zero-order valence-corrected chi connectivity index (χ0v) is 10.6. The zero-order valence-electron chi connectivity index (χ0n) is 10.6. The van der Waals surface area contributed by atoms with Gasteiger partial charge >= 0.3 is 0 Å². The minimum absolute atomic E-state index is 0.902. The Kier molecular flexibility index (Phi) is 7.03. The number of rotatable bonds is 8. The van der Waals surface area contributed by atoms with E-state index >= 15 is 0 Å². The van der Waals surface area contributed by atoms with Crippen LogP contribution in [-0.4, -0.2) is 37.1 Å². The molecule has 1 heterocycles. The molecule has 0 aliphatic carbocycles. The van der Waals surface area contributed by atoms with Gasteiger partial charge in [0.25, 0.3) is 0 Å². The third-order valence-corrected chi connectivity index (χ3v) is 3.52. The number of nitrogens with zero attached hydrogens (tertiary/aromatic N) is 1. The van der Waals surface area contributed by atoms with E-state index in [1.807, 2.05) is 0 Å². The fraction of sp³-hybridized carbons (Fsp3) is 1.00. The Morgan fingerprint density at radius 1 is 1.20 bits per heavy atom. The lowest BCUT2D eigenvalue weighted by atomic mass is 10.1. The van der Waals surface area contributed by atoms with Crippen molar-refractivity contribution in [3.63, 3.8) is 0 Å². The molecule has 0 amide bonds. The molecule has 90 valence electrons. The summed E-state index contributed by atoms with van der Waals surface area (Å²) in [5, 5.41) is 3.38. The summed E-state index contributed by atoms with van der Waals surface area (Å²) in [6, 6.07) is 0.902. The van der Waals surface area contributed by atoms with E-state index in [2.05, 4.69) is 24.1 Å². The van der Waals surface area contributed by atoms with Crippen LogP contribution >= 0.6 is 0 Å². The van der Waals surface area contributed by atoms with Gasteiger partial charge in [-0.25, -0.2) is 0 Å². The largest absolute Gasteiger partial charge is 0.317 e. The summed E-state index contributed by atoms with van der Waals surface area (Å²) in [5.41, 5.74) is 0. The second kappa shape index (κ2) is 8.12. The minimum atomic E-state index is 0.902. The van der Waals surface area contributed by atoms with Gasteiger partial charge in [-0.3, -0.25) is 0 Å². The van der Waals surface area contributed by atoms with Gasteiger partial charge < -0.3 is 10.2 Å². The maximum absolute atomic E-state index is 3.38. The number of likely N-dealkylation sites (tertiary alicyclic amines) is 1. The molecular weight excluding hydrogens is 184 g/mol. The van der Waals surface area contributed by atoms with E-state index < -0.39 is 0 Å². The molecule has 1 fully saturated rings. The van der Waals surface area contributed by atoms with Crippen molar-refractivity contribution in [3.05, 3.63) is 0 Å². The van der Waals surface area contributed by atoms with Crippen LogP contribution in [0.1, 0.15) is 52.4 Å². The number of hydrogen-bond acceptors (Lipinski definition) is 2. The van der Waals surface area contributed by atoms with Crippen LogP contribution in [0, 0.1) is 0 Å². The number of nitrogens with one attached hydrogen (secondary N) is 1. The molecular formula is C13H28N2. The second-order valence-electron chi connectivity index (χ2n) is 4.65. The monoisotopic (exact) mass is 212 g/mol. The molecule has 2 heteroatoms. The van der Waals surface area contributed by atoms with E-state index in [9.17, 15) is 0 Å². The van der Waals surface area contributed by atoms with Crippen LogP contribution in [-0.2, 0) is 0 Å². The van der Waals surface area contributed by atoms with E-state index in [-0.39, 0.29) is 0 Å². The van der Waals surface area contributed by atoms with E-state index in [1.54, 1.807) is 0 Å². The van der Waals surface area contributed by atoms with Gasteiger partial charge in [-0.2, -0.15) is 0 Å². The van der Waals surface area contributed by atoms with Gasteiger partial charge in [-0.1, -0.05) is 20.3 Å². The molecule has 0 aromatic carbocycles. The lowest BCUT2D eigenvalue weighted by Crippen LogP contribution is -2.29. The topological polar surface area (TPSA) is 15.3 Å². The SMILES string of the molecule is CCNCCCCCN1CCCC1CC. The van der Waals surface area contributed by atoms with Crippen molar-refractivity contribution < 1.29 is 0 Å². The molecule has 1 aliphatic heterocycles. The average Bonchev–Trinajstić information content (AvgIpc) is 2.70. The maximum Gasteiger partial charge on any atom is 0.00931 e. The number of unbranched alkanes of at least 4 members (excludes halogenated alkanes) is 2. The van der Waals surface area contributed by atoms with Crippen molar-refractivity contribution in [1.29, 1.82) is 0 Å². The molecule has 0 radical (unpaired) electrons. The van der Waals surface area contributed by atoms with Crippen molar-refractivity contribution >= 4 is 0 Å². The van der Waals surface area contributed by atoms with Crippen molar-refractivity contribution in [1.82, 2.24) is 10.2 Å². The van der Waals surface area contributed by atoms with E-state index in [0.717, 1.165) is 12.6 Å². The highest BCUT2D eigenvalue weighted by Crippen LogP contribution is 2.19. The van der Waals surface area contributed by atoms with Crippen LogP contribution in [0.15, 0.2) is 0 Å². The first-order valence-electron chi connectivity index (χ1n) is 6.83. The summed E-state index contributed by atoms with van der Waals surface area (Å²) in [6.07, 6.45) is 8.33. The first-order chi connectivity index (χ1) is 7.38. The van der Waals surface area contributed by atoms with Crippen LogP contribution in [0.3, 0.4) is 0 Å². The van der Waals surface area contributed by atoms with Crippen LogP contribution in [0.5, 0.6) is 0 Å². The Morgan fingerprint density at radius 2 is 2.07 bits per heavy atom. The summed E-state index contributed by atoms with van der Waals surface area (Å²) >= 11 is 0. The predicted molar refractivity (Wildman–Crippen MR) is 67.3 cm³/mol. The highest BCUT2D eigenvalue weighted by molar-refractivity contribution is 4.77. The van der Waals surface area contributed by atoms with Crippen LogP contribution in [0.25, 0.3) is 0 Å². The molecule has 2 nitrogen and oxygen atoms in total. The fourth-order valence-electron chi connectivity index (χ4n) is 2.57. The van der Waals surface area contributed by atoms with Crippen molar-refractivity contribution in [2.75, 3.05) is 26.2 Å². The molecule has 1 aliphatic rings. The molecule has 1 saturated heterocycles. The Hall–Kier alpha value is -0.0800. The standard InChI is InChI=1S/C13H28N2/c1-3-13-9-8-12-15(13)11-7-5-6-10-14-4-2/h13-14H,3-12H2,1-2H3. The Morgan fingerprint density at radius 3 is 2.80 bits per heavy atom. The van der Waals surface area contributed by atoms with Gasteiger partial charge in [0.2, 0.25) is 0 Å². The fourth-order valence-corrected chi connectivity index (χ4v) is 2.57. The van der Waals surface area contributed by atoms with E-state index in [0.29, 0.717) is 0 Å². The minimum Gasteiger partial charge on any atom is -0.317 e. The molecule has 1 N–H and O–H groups in total. The first-order valence-corrected chi connectivity index (χ1v) is 6.83. The molecule has 1 atom stereocenters.